The highest BCUT2D eigenvalue weighted by Gasteiger charge is 2.15. The van der Waals surface area contributed by atoms with Gasteiger partial charge in [-0.15, -0.1) is 21.0 Å². The van der Waals surface area contributed by atoms with Crippen LogP contribution < -0.4 is 4.68 Å². The summed E-state index contributed by atoms with van der Waals surface area (Å²) in [5.41, 5.74) is 2.06. The van der Waals surface area contributed by atoms with Gasteiger partial charge in [0, 0.05) is 0 Å². The quantitative estimate of drug-likeness (QED) is 0.392. The van der Waals surface area contributed by atoms with Crippen LogP contribution in [0.3, 0.4) is 0 Å². The van der Waals surface area contributed by atoms with Crippen LogP contribution in [0.25, 0.3) is 0 Å². The van der Waals surface area contributed by atoms with E-state index in [1.54, 1.807) is 21.8 Å². The van der Waals surface area contributed by atoms with Gasteiger partial charge in [-0.1, -0.05) is 70.9 Å². The maximum absolute atomic E-state index is 6.05. The number of rotatable bonds is 5. The first-order valence-electron chi connectivity index (χ1n) is 7.23. The molecular weight excluding hydrogens is 308 g/mol. The van der Waals surface area contributed by atoms with Crippen molar-refractivity contribution >= 4 is 24.0 Å². The average Bonchev–Trinajstić information content (AvgIpc) is 3.02. The monoisotopic (exact) mass is 323 g/mol. The van der Waals surface area contributed by atoms with E-state index in [4.69, 9.17) is 11.6 Å². The van der Waals surface area contributed by atoms with Crippen molar-refractivity contribution < 1.29 is 4.68 Å². The van der Waals surface area contributed by atoms with Crippen LogP contribution in [0.2, 0.25) is 0 Å². The fourth-order valence-corrected chi connectivity index (χ4v) is 2.32. The molecule has 0 unspecified atom stereocenters. The number of alkyl halides is 1. The summed E-state index contributed by atoms with van der Waals surface area (Å²) in [7, 11) is 0. The molecule has 0 aliphatic carbocycles. The summed E-state index contributed by atoms with van der Waals surface area (Å²) in [5, 5.41) is 8.87. The third kappa shape index (κ3) is 3.93. The lowest BCUT2D eigenvalue weighted by Gasteiger charge is -1.93. The van der Waals surface area contributed by atoms with E-state index in [0.717, 1.165) is 17.0 Å². The fourth-order valence-electron chi connectivity index (χ4n) is 2.07. The van der Waals surface area contributed by atoms with Crippen molar-refractivity contribution in [2.24, 2.45) is 10.2 Å². The van der Waals surface area contributed by atoms with Crippen molar-refractivity contribution in [1.82, 2.24) is 4.68 Å². The average molecular weight is 324 g/mol. The maximum atomic E-state index is 6.05. The van der Waals surface area contributed by atoms with Crippen molar-refractivity contribution in [1.29, 1.82) is 0 Å². The van der Waals surface area contributed by atoms with E-state index in [1.165, 1.54) is 0 Å². The van der Waals surface area contributed by atoms with Gasteiger partial charge >= 0.3 is 5.82 Å². The van der Waals surface area contributed by atoms with Gasteiger partial charge in [0.1, 0.15) is 5.88 Å². The number of aromatic nitrogens is 2. The Morgan fingerprint density at radius 1 is 0.913 bits per heavy atom. The Kier molecular flexibility index (Phi) is 4.96. The second kappa shape index (κ2) is 7.51. The summed E-state index contributed by atoms with van der Waals surface area (Å²) in [4.78, 5) is 0. The van der Waals surface area contributed by atoms with E-state index >= 15 is 0 Å². The van der Waals surface area contributed by atoms with E-state index < -0.39 is 0 Å². The summed E-state index contributed by atoms with van der Waals surface area (Å²) in [6.07, 6.45) is 7.25. The lowest BCUT2D eigenvalue weighted by Crippen LogP contribution is -2.30. The van der Waals surface area contributed by atoms with Crippen LogP contribution in [0.5, 0.6) is 0 Å². The van der Waals surface area contributed by atoms with Gasteiger partial charge in [-0.3, -0.25) is 0 Å². The molecule has 0 spiro atoms. The highest BCUT2D eigenvalue weighted by Crippen LogP contribution is 2.02. The Balaban J connectivity index is 1.82. The Morgan fingerprint density at radius 3 is 2.13 bits per heavy atom. The molecule has 1 heterocycles. The minimum atomic E-state index is 0.311. The molecule has 0 bridgehead atoms. The molecule has 0 saturated carbocycles. The zero-order chi connectivity index (χ0) is 15.9. The SMILES string of the molecule is ClCc1n(/N=C/c2ccccc2)cc[n+]1/N=C/c1ccccc1. The van der Waals surface area contributed by atoms with Gasteiger partial charge in [-0.2, -0.15) is 0 Å². The topological polar surface area (TPSA) is 33.5 Å². The van der Waals surface area contributed by atoms with Gasteiger partial charge in [-0.25, -0.2) is 0 Å². The van der Waals surface area contributed by atoms with Crippen LogP contribution >= 0.6 is 11.6 Å². The lowest BCUT2D eigenvalue weighted by molar-refractivity contribution is -0.684. The minimum Gasteiger partial charge on any atom is -0.113 e. The molecule has 2 aromatic carbocycles. The van der Waals surface area contributed by atoms with Crippen molar-refractivity contribution in [3.05, 3.63) is 90.0 Å². The summed E-state index contributed by atoms with van der Waals surface area (Å²) in [6.45, 7) is 0. The number of hydrogen-bond donors (Lipinski definition) is 0. The van der Waals surface area contributed by atoms with E-state index in [0.29, 0.717) is 5.88 Å². The molecule has 3 rings (SSSR count). The molecule has 3 aromatic rings. The first kappa shape index (κ1) is 15.2. The number of benzene rings is 2. The first-order chi connectivity index (χ1) is 11.4. The lowest BCUT2D eigenvalue weighted by atomic mass is 10.2. The van der Waals surface area contributed by atoms with Gasteiger partial charge in [0.15, 0.2) is 12.4 Å². The van der Waals surface area contributed by atoms with Crippen LogP contribution in [0.1, 0.15) is 17.0 Å². The molecule has 0 aliphatic heterocycles. The summed E-state index contributed by atoms with van der Waals surface area (Å²) in [6, 6.07) is 19.8. The number of imidazole rings is 1. The second-order valence-electron chi connectivity index (χ2n) is 4.85. The minimum absolute atomic E-state index is 0.311. The number of halogens is 1. The Morgan fingerprint density at radius 2 is 1.52 bits per heavy atom. The summed E-state index contributed by atoms with van der Waals surface area (Å²) < 4.78 is 3.45. The number of hydrogen-bond acceptors (Lipinski definition) is 2. The van der Waals surface area contributed by atoms with E-state index in [2.05, 4.69) is 10.2 Å². The largest absolute Gasteiger partial charge is 0.322 e. The third-order valence-corrected chi connectivity index (χ3v) is 3.50. The molecule has 23 heavy (non-hydrogen) atoms. The van der Waals surface area contributed by atoms with Crippen LogP contribution in [0, 0.1) is 0 Å². The molecule has 4 nitrogen and oxygen atoms in total. The summed E-state index contributed by atoms with van der Waals surface area (Å²) >= 11 is 6.05. The molecule has 1 aromatic heterocycles. The molecule has 0 radical (unpaired) electrons. The van der Waals surface area contributed by atoms with Crippen LogP contribution in [0.15, 0.2) is 83.3 Å². The maximum Gasteiger partial charge on any atom is 0.322 e. The third-order valence-electron chi connectivity index (χ3n) is 3.26. The molecule has 0 aliphatic rings. The van der Waals surface area contributed by atoms with Crippen molar-refractivity contribution in [2.75, 3.05) is 0 Å². The molecule has 5 heteroatoms. The zero-order valence-corrected chi connectivity index (χ0v) is 13.2. The van der Waals surface area contributed by atoms with Gasteiger partial charge < -0.3 is 0 Å². The van der Waals surface area contributed by atoms with Gasteiger partial charge in [0.25, 0.3) is 0 Å². The van der Waals surface area contributed by atoms with Crippen LogP contribution in [0.4, 0.5) is 0 Å². The van der Waals surface area contributed by atoms with Crippen LogP contribution in [-0.2, 0) is 5.88 Å². The Labute approximate surface area is 140 Å². The summed E-state index contributed by atoms with van der Waals surface area (Å²) in [5.74, 6) is 1.09. The molecule has 0 amide bonds. The van der Waals surface area contributed by atoms with Crippen LogP contribution in [-0.4, -0.2) is 17.1 Å². The highest BCUT2D eigenvalue weighted by atomic mass is 35.5. The predicted octanol–water partition coefficient (Wildman–Crippen LogP) is 3.28. The predicted molar refractivity (Wildman–Crippen MR) is 93.1 cm³/mol. The first-order valence-corrected chi connectivity index (χ1v) is 7.77. The van der Waals surface area contributed by atoms with E-state index in [9.17, 15) is 0 Å². The molecular formula is C18H16ClN4+. The van der Waals surface area contributed by atoms with E-state index in [1.807, 2.05) is 73.1 Å². The molecule has 114 valence electrons. The fraction of sp³-hybridized carbons (Fsp3) is 0.0556. The Bertz CT molecular complexity index is 741. The van der Waals surface area contributed by atoms with Gasteiger partial charge in [0.2, 0.25) is 0 Å². The zero-order valence-electron chi connectivity index (χ0n) is 12.5. The number of nitrogens with zero attached hydrogens (tertiary/aromatic N) is 4. The normalized spacial score (nSPS) is 11.5. The van der Waals surface area contributed by atoms with Gasteiger partial charge in [-0.05, 0) is 11.1 Å². The molecule has 0 atom stereocenters. The van der Waals surface area contributed by atoms with Crippen molar-refractivity contribution in [3.63, 3.8) is 0 Å². The van der Waals surface area contributed by atoms with E-state index in [-0.39, 0.29) is 0 Å². The van der Waals surface area contributed by atoms with Crippen molar-refractivity contribution in [2.45, 2.75) is 5.88 Å². The molecule has 0 N–H and O–H groups in total. The van der Waals surface area contributed by atoms with Gasteiger partial charge in [0.05, 0.1) is 12.4 Å². The van der Waals surface area contributed by atoms with Crippen molar-refractivity contribution in [3.8, 4) is 0 Å². The Hall–Kier alpha value is -2.72. The molecule has 0 fully saturated rings. The highest BCUT2D eigenvalue weighted by molar-refractivity contribution is 6.16. The molecule has 0 saturated heterocycles. The smallest absolute Gasteiger partial charge is 0.113 e. The standard InChI is InChI=1S/C18H16ClN4/c19-13-18-22(20-14-16-7-3-1-4-8-16)11-12-23(18)21-15-17-9-5-2-6-10-17/h1-12,14-15H,13H2/q+1/b20-14+,21-15+. The second-order valence-corrected chi connectivity index (χ2v) is 5.11.